The highest BCUT2D eigenvalue weighted by Crippen LogP contribution is 2.28. The van der Waals surface area contributed by atoms with E-state index in [4.69, 9.17) is 11.6 Å². The molecule has 1 fully saturated rings. The molecule has 7 nitrogen and oxygen atoms in total. The number of pyridine rings is 1. The van der Waals surface area contributed by atoms with Crippen molar-refractivity contribution in [1.29, 1.82) is 0 Å². The van der Waals surface area contributed by atoms with Gasteiger partial charge in [0.15, 0.2) is 17.5 Å². The van der Waals surface area contributed by atoms with Crippen LogP contribution in [0.15, 0.2) is 42.9 Å². The number of nitrogens with zero attached hydrogens (tertiary/aromatic N) is 4. The molecule has 1 aliphatic heterocycles. The molecule has 0 radical (unpaired) electrons. The number of carbonyl (C=O) groups is 1. The normalized spacial score (nSPS) is 16.0. The maximum absolute atomic E-state index is 14.5. The summed E-state index contributed by atoms with van der Waals surface area (Å²) in [7, 11) is 0. The number of aromatic amines is 1. The largest absolute Gasteiger partial charge is 0.367 e. The lowest BCUT2D eigenvalue weighted by atomic mass is 9.97. The zero-order chi connectivity index (χ0) is 24.5. The van der Waals surface area contributed by atoms with Crippen LogP contribution in [0.5, 0.6) is 0 Å². The number of anilines is 1. The fraction of sp³-hybridized carbons (Fsp3) is 0.250. The highest BCUT2D eigenvalue weighted by atomic mass is 35.5. The van der Waals surface area contributed by atoms with Gasteiger partial charge in [-0.15, -0.1) is 0 Å². The van der Waals surface area contributed by atoms with Crippen molar-refractivity contribution in [3.63, 3.8) is 0 Å². The van der Waals surface area contributed by atoms with Crippen LogP contribution in [0.2, 0.25) is 5.02 Å². The van der Waals surface area contributed by atoms with E-state index in [1.807, 2.05) is 0 Å². The first-order valence-electron chi connectivity index (χ1n) is 11.0. The number of nitrogens with one attached hydrogen (secondary N) is 2. The van der Waals surface area contributed by atoms with Crippen LogP contribution in [0, 0.1) is 23.4 Å². The Hall–Kier alpha value is -3.66. The summed E-state index contributed by atoms with van der Waals surface area (Å²) in [6, 6.07) is 4.51. The number of H-pyrrole nitrogens is 1. The van der Waals surface area contributed by atoms with E-state index >= 15 is 0 Å². The Balaban J connectivity index is 1.29. The van der Waals surface area contributed by atoms with E-state index in [9.17, 15) is 18.0 Å². The van der Waals surface area contributed by atoms with Gasteiger partial charge in [0.25, 0.3) is 5.91 Å². The summed E-state index contributed by atoms with van der Waals surface area (Å²) in [6.45, 7) is 1.21. The first kappa shape index (κ1) is 23.1. The van der Waals surface area contributed by atoms with Crippen LogP contribution in [-0.4, -0.2) is 50.4 Å². The summed E-state index contributed by atoms with van der Waals surface area (Å²) < 4.78 is 41.6. The van der Waals surface area contributed by atoms with E-state index < -0.39 is 23.4 Å². The number of piperidine rings is 1. The summed E-state index contributed by atoms with van der Waals surface area (Å²) in [4.78, 5) is 30.0. The van der Waals surface area contributed by atoms with Gasteiger partial charge in [0, 0.05) is 54.6 Å². The Morgan fingerprint density at radius 3 is 2.74 bits per heavy atom. The van der Waals surface area contributed by atoms with Crippen molar-refractivity contribution in [3.05, 3.63) is 70.9 Å². The zero-order valence-corrected chi connectivity index (χ0v) is 19.1. The molecule has 0 bridgehead atoms. The lowest BCUT2D eigenvalue weighted by Crippen LogP contribution is -2.42. The standard InChI is InChI=1S/C24H20ClF3N6O/c25-15-6-18-19(10-31-21(18)30-9-15)22-32-11-20(28)23(33-22)29-8-13-2-1-3-34(12-13)24(35)14-4-16(26)7-17(27)5-14/h4-7,9-11,13H,1-3,8,12H2,(H,30,31)(H,29,32,33)/t13-/m0/s1. The molecule has 1 aromatic carbocycles. The summed E-state index contributed by atoms with van der Waals surface area (Å²) in [5.41, 5.74) is 1.21. The molecule has 11 heteroatoms. The lowest BCUT2D eigenvalue weighted by Gasteiger charge is -2.33. The molecule has 0 aliphatic carbocycles. The minimum absolute atomic E-state index is 0.0000156. The Morgan fingerprint density at radius 1 is 1.14 bits per heavy atom. The van der Waals surface area contributed by atoms with Crippen LogP contribution in [0.4, 0.5) is 19.0 Å². The molecule has 3 aromatic heterocycles. The second-order valence-corrected chi connectivity index (χ2v) is 8.88. The SMILES string of the molecule is O=C(c1cc(F)cc(F)c1)N1CCC[C@@H](CNc2nc(-c3c[nH]c4ncc(Cl)cc34)ncc2F)C1. The van der Waals surface area contributed by atoms with Crippen LogP contribution in [-0.2, 0) is 0 Å². The quantitative estimate of drug-likeness (QED) is 0.400. The van der Waals surface area contributed by atoms with Gasteiger partial charge in [0.1, 0.15) is 17.3 Å². The van der Waals surface area contributed by atoms with Crippen molar-refractivity contribution in [2.75, 3.05) is 25.0 Å². The number of amides is 1. The van der Waals surface area contributed by atoms with Crippen molar-refractivity contribution in [2.24, 2.45) is 5.92 Å². The molecule has 1 saturated heterocycles. The zero-order valence-electron chi connectivity index (χ0n) is 18.4. The number of aromatic nitrogens is 4. The average molecular weight is 501 g/mol. The third-order valence-corrected chi connectivity index (χ3v) is 6.16. The molecule has 0 spiro atoms. The van der Waals surface area contributed by atoms with E-state index in [0.717, 1.165) is 37.2 Å². The molecular formula is C24H20ClF3N6O. The molecule has 5 rings (SSSR count). The van der Waals surface area contributed by atoms with Gasteiger partial charge in [-0.1, -0.05) is 11.6 Å². The van der Waals surface area contributed by atoms with Crippen molar-refractivity contribution in [2.45, 2.75) is 12.8 Å². The van der Waals surface area contributed by atoms with Crippen molar-refractivity contribution in [3.8, 4) is 11.4 Å². The molecule has 1 aliphatic rings. The molecule has 1 amide bonds. The molecule has 2 N–H and O–H groups in total. The highest BCUT2D eigenvalue weighted by molar-refractivity contribution is 6.31. The number of carbonyl (C=O) groups excluding carboxylic acids is 1. The molecule has 4 heterocycles. The monoisotopic (exact) mass is 500 g/mol. The lowest BCUT2D eigenvalue weighted by molar-refractivity contribution is 0.0679. The van der Waals surface area contributed by atoms with Crippen LogP contribution in [0.3, 0.4) is 0 Å². The fourth-order valence-corrected chi connectivity index (χ4v) is 4.46. The number of hydrogen-bond acceptors (Lipinski definition) is 5. The summed E-state index contributed by atoms with van der Waals surface area (Å²) in [6.07, 6.45) is 5.82. The summed E-state index contributed by atoms with van der Waals surface area (Å²) >= 11 is 6.06. The highest BCUT2D eigenvalue weighted by Gasteiger charge is 2.25. The van der Waals surface area contributed by atoms with Gasteiger partial charge < -0.3 is 15.2 Å². The maximum Gasteiger partial charge on any atom is 0.254 e. The predicted octanol–water partition coefficient (Wildman–Crippen LogP) is 5.05. The molecule has 4 aromatic rings. The third kappa shape index (κ3) is 4.93. The minimum atomic E-state index is -0.799. The van der Waals surface area contributed by atoms with Crippen LogP contribution in [0.25, 0.3) is 22.4 Å². The average Bonchev–Trinajstić information content (AvgIpc) is 3.25. The molecular weight excluding hydrogens is 481 g/mol. The van der Waals surface area contributed by atoms with E-state index in [-0.39, 0.29) is 17.3 Å². The van der Waals surface area contributed by atoms with E-state index in [0.29, 0.717) is 47.1 Å². The number of rotatable bonds is 5. The maximum atomic E-state index is 14.5. The smallest absolute Gasteiger partial charge is 0.254 e. The Labute approximate surface area is 203 Å². The summed E-state index contributed by atoms with van der Waals surface area (Å²) in [5.74, 6) is -2.30. The number of hydrogen-bond donors (Lipinski definition) is 2. The molecule has 0 saturated carbocycles. The second kappa shape index (κ2) is 9.53. The number of halogens is 4. The van der Waals surface area contributed by atoms with Crippen LogP contribution in [0.1, 0.15) is 23.2 Å². The number of benzene rings is 1. The molecule has 0 unspecified atom stereocenters. The number of likely N-dealkylation sites (tertiary alicyclic amines) is 1. The van der Waals surface area contributed by atoms with E-state index in [2.05, 4.69) is 25.3 Å². The van der Waals surface area contributed by atoms with Gasteiger partial charge in [-0.25, -0.2) is 28.1 Å². The van der Waals surface area contributed by atoms with Crippen molar-refractivity contribution < 1.29 is 18.0 Å². The van der Waals surface area contributed by atoms with Crippen LogP contribution < -0.4 is 5.32 Å². The van der Waals surface area contributed by atoms with Crippen LogP contribution >= 0.6 is 11.6 Å². The Kier molecular flexibility index (Phi) is 6.29. The second-order valence-electron chi connectivity index (χ2n) is 8.44. The summed E-state index contributed by atoms with van der Waals surface area (Å²) in [5, 5.41) is 4.19. The van der Waals surface area contributed by atoms with Gasteiger partial charge in [-0.2, -0.15) is 0 Å². The Morgan fingerprint density at radius 2 is 1.94 bits per heavy atom. The first-order chi connectivity index (χ1) is 16.9. The van der Waals surface area contributed by atoms with Gasteiger partial charge in [0.05, 0.1) is 11.2 Å². The van der Waals surface area contributed by atoms with Crippen molar-refractivity contribution >= 4 is 34.4 Å². The van der Waals surface area contributed by atoms with Gasteiger partial charge in [0.2, 0.25) is 0 Å². The van der Waals surface area contributed by atoms with Gasteiger partial charge >= 0.3 is 0 Å². The third-order valence-electron chi connectivity index (χ3n) is 5.96. The molecule has 180 valence electrons. The Bertz CT molecular complexity index is 1390. The molecule has 1 atom stereocenters. The topological polar surface area (TPSA) is 86.8 Å². The van der Waals surface area contributed by atoms with Gasteiger partial charge in [-0.3, -0.25) is 4.79 Å². The molecule has 35 heavy (non-hydrogen) atoms. The predicted molar refractivity (Wildman–Crippen MR) is 126 cm³/mol. The van der Waals surface area contributed by atoms with Crippen molar-refractivity contribution in [1.82, 2.24) is 24.8 Å². The first-order valence-corrected chi connectivity index (χ1v) is 11.4. The minimum Gasteiger partial charge on any atom is -0.367 e. The van der Waals surface area contributed by atoms with E-state index in [1.165, 1.54) is 6.20 Å². The van der Waals surface area contributed by atoms with Gasteiger partial charge in [-0.05, 0) is 37.0 Å². The fourth-order valence-electron chi connectivity index (χ4n) is 4.30. The number of fused-ring (bicyclic) bond motifs is 1. The van der Waals surface area contributed by atoms with E-state index in [1.54, 1.807) is 17.2 Å².